The summed E-state index contributed by atoms with van der Waals surface area (Å²) in [6, 6.07) is 9.51. The molecule has 0 saturated heterocycles. The molecule has 1 heterocycles. The smallest absolute Gasteiger partial charge is 0.416 e. The predicted octanol–water partition coefficient (Wildman–Crippen LogP) is 4.45. The number of likely N-dealkylation sites (N-methyl/N-ethyl adjacent to an activating group) is 1. The minimum atomic E-state index is -4.51. The lowest BCUT2D eigenvalue weighted by atomic mass is 10.1. The number of aromatic hydroxyl groups is 1. The summed E-state index contributed by atoms with van der Waals surface area (Å²) in [5.41, 5.74) is -0.850. The molecule has 190 valence electrons. The minimum absolute atomic E-state index is 0.00312. The fourth-order valence-corrected chi connectivity index (χ4v) is 4.74. The lowest BCUT2D eigenvalue weighted by molar-refractivity contribution is -0.137. The molecule has 0 bridgehead atoms. The van der Waals surface area contributed by atoms with Gasteiger partial charge in [0.15, 0.2) is 0 Å². The van der Waals surface area contributed by atoms with Gasteiger partial charge < -0.3 is 10.4 Å². The molecule has 0 saturated carbocycles. The highest BCUT2D eigenvalue weighted by Crippen LogP contribution is 2.34. The van der Waals surface area contributed by atoms with E-state index in [1.54, 1.807) is 0 Å². The van der Waals surface area contributed by atoms with Crippen LogP contribution < -0.4 is 5.32 Å². The van der Waals surface area contributed by atoms with Crippen molar-refractivity contribution in [3.8, 4) is 17.0 Å². The van der Waals surface area contributed by atoms with Crippen molar-refractivity contribution in [2.75, 3.05) is 6.54 Å². The van der Waals surface area contributed by atoms with E-state index in [1.165, 1.54) is 19.2 Å². The number of hydrogen-bond acceptors (Lipinski definition) is 5. The molecule has 0 aliphatic carbocycles. The number of sulfonamides is 1. The third-order valence-corrected chi connectivity index (χ3v) is 7.11. The quantitative estimate of drug-likeness (QED) is 0.336. The van der Waals surface area contributed by atoms with Gasteiger partial charge in [-0.15, -0.1) is 0 Å². The molecule has 2 N–H and O–H groups in total. The van der Waals surface area contributed by atoms with Gasteiger partial charge in [-0.2, -0.15) is 13.2 Å². The van der Waals surface area contributed by atoms with Gasteiger partial charge in [0.25, 0.3) is 15.9 Å². The molecule has 0 fully saturated rings. The lowest BCUT2D eigenvalue weighted by Gasteiger charge is -2.24. The fourth-order valence-electron chi connectivity index (χ4n) is 3.30. The summed E-state index contributed by atoms with van der Waals surface area (Å²) in [5, 5.41) is 13.0. The summed E-state index contributed by atoms with van der Waals surface area (Å²) >= 11 is 0. The average Bonchev–Trinajstić information content (AvgIpc) is 2.83. The molecule has 7 nitrogen and oxygen atoms in total. The van der Waals surface area contributed by atoms with E-state index < -0.39 is 39.2 Å². The van der Waals surface area contributed by atoms with Crippen LogP contribution in [-0.4, -0.2) is 35.3 Å². The van der Waals surface area contributed by atoms with Crippen LogP contribution in [0.2, 0.25) is 0 Å². The molecule has 36 heavy (non-hydrogen) atoms. The molecule has 0 spiro atoms. The van der Waals surface area contributed by atoms with Gasteiger partial charge in [0.2, 0.25) is 0 Å². The Morgan fingerprint density at radius 3 is 2.25 bits per heavy atom. The summed E-state index contributed by atoms with van der Waals surface area (Å²) in [5.74, 6) is -1.84. The maximum absolute atomic E-state index is 13.2. The number of pyridine rings is 1. The van der Waals surface area contributed by atoms with E-state index >= 15 is 0 Å². The Labute approximate surface area is 204 Å². The van der Waals surface area contributed by atoms with Crippen molar-refractivity contribution in [2.24, 2.45) is 0 Å². The first kappa shape index (κ1) is 26.7. The average molecular weight is 524 g/mol. The standard InChI is InChI=1S/C24H21F4N3O4S/c1-3-31(36(34,35)20-10-8-19(25)9-11-20)15(2)23(33)30-14-17-12-13-29-21(22(17)32)16-4-6-18(7-5-16)24(26,27)28/h4-13,32H,2-3,14H2,1H3,(H,30,33). The summed E-state index contributed by atoms with van der Waals surface area (Å²) in [7, 11) is -4.19. The summed E-state index contributed by atoms with van der Waals surface area (Å²) in [6.07, 6.45) is -3.21. The van der Waals surface area contributed by atoms with Crippen molar-refractivity contribution in [2.45, 2.75) is 24.5 Å². The first-order valence-electron chi connectivity index (χ1n) is 10.5. The Morgan fingerprint density at radius 1 is 1.08 bits per heavy atom. The number of benzene rings is 2. The number of carbonyl (C=O) groups excluding carboxylic acids is 1. The highest BCUT2D eigenvalue weighted by Gasteiger charge is 2.30. The summed E-state index contributed by atoms with van der Waals surface area (Å²) < 4.78 is 78.1. The normalized spacial score (nSPS) is 11.7. The number of aromatic nitrogens is 1. The van der Waals surface area contributed by atoms with Crippen LogP contribution in [0, 0.1) is 5.82 Å². The number of rotatable bonds is 8. The van der Waals surface area contributed by atoms with Crippen LogP contribution in [0.1, 0.15) is 18.1 Å². The number of amides is 1. The minimum Gasteiger partial charge on any atom is -0.505 e. The molecule has 0 aliphatic rings. The van der Waals surface area contributed by atoms with Gasteiger partial charge in [-0.25, -0.2) is 12.8 Å². The first-order chi connectivity index (χ1) is 16.9. The van der Waals surface area contributed by atoms with Crippen LogP contribution in [0.3, 0.4) is 0 Å². The van der Waals surface area contributed by atoms with Crippen molar-refractivity contribution < 1.29 is 35.9 Å². The molecule has 0 radical (unpaired) electrons. The van der Waals surface area contributed by atoms with Gasteiger partial charge in [-0.1, -0.05) is 18.7 Å². The Balaban J connectivity index is 1.76. The molecule has 3 aromatic rings. The molecule has 0 atom stereocenters. The molecule has 2 aromatic carbocycles. The van der Waals surface area contributed by atoms with Gasteiger partial charge >= 0.3 is 6.18 Å². The van der Waals surface area contributed by atoms with Crippen LogP contribution in [0.15, 0.2) is 78.0 Å². The Kier molecular flexibility index (Phi) is 7.68. The second-order valence-electron chi connectivity index (χ2n) is 7.50. The van der Waals surface area contributed by atoms with E-state index in [0.29, 0.717) is 0 Å². The second kappa shape index (κ2) is 10.4. The zero-order valence-electron chi connectivity index (χ0n) is 18.9. The van der Waals surface area contributed by atoms with Crippen molar-refractivity contribution in [3.05, 3.63) is 90.0 Å². The fraction of sp³-hybridized carbons (Fsp3) is 0.167. The van der Waals surface area contributed by atoms with Crippen LogP contribution in [0.5, 0.6) is 5.75 Å². The molecular weight excluding hydrogens is 502 g/mol. The topological polar surface area (TPSA) is 99.6 Å². The second-order valence-corrected chi connectivity index (χ2v) is 9.36. The molecule has 12 heteroatoms. The third-order valence-electron chi connectivity index (χ3n) is 5.18. The van der Waals surface area contributed by atoms with Crippen molar-refractivity contribution in [1.82, 2.24) is 14.6 Å². The molecule has 1 aromatic heterocycles. The van der Waals surface area contributed by atoms with Crippen LogP contribution >= 0.6 is 0 Å². The molecular formula is C24H21F4N3O4S. The van der Waals surface area contributed by atoms with Gasteiger partial charge in [-0.05, 0) is 49.4 Å². The van der Waals surface area contributed by atoms with Crippen molar-refractivity contribution in [1.29, 1.82) is 0 Å². The van der Waals surface area contributed by atoms with Crippen molar-refractivity contribution >= 4 is 15.9 Å². The summed E-state index contributed by atoms with van der Waals surface area (Å²) in [4.78, 5) is 16.4. The maximum atomic E-state index is 13.2. The van der Waals surface area contributed by atoms with E-state index in [9.17, 15) is 35.9 Å². The monoisotopic (exact) mass is 523 g/mol. The van der Waals surface area contributed by atoms with E-state index in [2.05, 4.69) is 16.9 Å². The highest BCUT2D eigenvalue weighted by atomic mass is 32.2. The number of nitrogens with one attached hydrogen (secondary N) is 1. The van der Waals surface area contributed by atoms with Gasteiger partial charge in [0.05, 0.1) is 10.5 Å². The lowest BCUT2D eigenvalue weighted by Crippen LogP contribution is -2.38. The van der Waals surface area contributed by atoms with E-state index in [-0.39, 0.29) is 40.6 Å². The van der Waals surface area contributed by atoms with Gasteiger partial charge in [0.1, 0.15) is 23.0 Å². The van der Waals surface area contributed by atoms with Crippen molar-refractivity contribution in [3.63, 3.8) is 0 Å². The number of nitrogens with zero attached hydrogens (tertiary/aromatic N) is 2. The van der Waals surface area contributed by atoms with E-state index in [4.69, 9.17) is 0 Å². The first-order valence-corrected chi connectivity index (χ1v) is 11.9. The summed E-state index contributed by atoms with van der Waals surface area (Å²) in [6.45, 7) is 4.66. The Bertz CT molecular complexity index is 1370. The van der Waals surface area contributed by atoms with E-state index in [1.807, 2.05) is 0 Å². The van der Waals surface area contributed by atoms with E-state index in [0.717, 1.165) is 52.8 Å². The number of alkyl halides is 3. The number of halogens is 4. The van der Waals surface area contributed by atoms with Crippen LogP contribution in [-0.2, 0) is 27.5 Å². The van der Waals surface area contributed by atoms with Gasteiger partial charge in [-0.3, -0.25) is 14.1 Å². The molecule has 1 amide bonds. The number of hydrogen-bond donors (Lipinski definition) is 2. The zero-order chi connectivity index (χ0) is 26.7. The molecule has 0 aliphatic heterocycles. The van der Waals surface area contributed by atoms with Crippen LogP contribution in [0.4, 0.5) is 17.6 Å². The van der Waals surface area contributed by atoms with Gasteiger partial charge in [0, 0.05) is 30.4 Å². The molecule has 3 rings (SSSR count). The predicted molar refractivity (Wildman–Crippen MR) is 123 cm³/mol. The third kappa shape index (κ3) is 5.65. The highest BCUT2D eigenvalue weighted by molar-refractivity contribution is 7.89. The molecule has 0 unspecified atom stereocenters. The van der Waals surface area contributed by atoms with Crippen LogP contribution in [0.25, 0.3) is 11.3 Å². The Hall–Kier alpha value is -3.93. The maximum Gasteiger partial charge on any atom is 0.416 e. The largest absolute Gasteiger partial charge is 0.505 e. The zero-order valence-corrected chi connectivity index (χ0v) is 19.7. The number of carbonyl (C=O) groups is 1. The Morgan fingerprint density at radius 2 is 1.69 bits per heavy atom. The SMILES string of the molecule is C=C(C(=O)NCc1ccnc(-c2ccc(C(F)(F)F)cc2)c1O)N(CC)S(=O)(=O)c1ccc(F)cc1.